The van der Waals surface area contributed by atoms with Gasteiger partial charge in [0, 0.05) is 23.3 Å². The van der Waals surface area contributed by atoms with Gasteiger partial charge in [0.15, 0.2) is 5.13 Å². The zero-order valence-corrected chi connectivity index (χ0v) is 17.0. The van der Waals surface area contributed by atoms with Crippen LogP contribution in [0.5, 0.6) is 0 Å². The number of anilines is 1. The molecule has 0 fully saturated rings. The number of benzene rings is 1. The van der Waals surface area contributed by atoms with Crippen LogP contribution in [0.2, 0.25) is 0 Å². The zero-order chi connectivity index (χ0) is 19.7. The molecule has 1 aromatic carbocycles. The molecular formula is C19H18N6OS2. The van der Waals surface area contributed by atoms with Crippen molar-refractivity contribution in [3.8, 4) is 11.3 Å². The fourth-order valence-corrected chi connectivity index (χ4v) is 3.89. The van der Waals surface area contributed by atoms with Crippen molar-refractivity contribution in [1.82, 2.24) is 24.1 Å². The fraction of sp³-hybridized carbons (Fsp3) is 0.158. The number of aryl methyl sites for hydroxylation is 2. The molecule has 0 radical (unpaired) electrons. The Balaban J connectivity index is 1.48. The lowest BCUT2D eigenvalue weighted by Crippen LogP contribution is -2.20. The highest BCUT2D eigenvalue weighted by molar-refractivity contribution is 7.71. The molecule has 0 aliphatic heterocycles. The molecule has 0 bridgehead atoms. The first-order valence-corrected chi connectivity index (χ1v) is 9.92. The van der Waals surface area contributed by atoms with Gasteiger partial charge >= 0.3 is 0 Å². The maximum absolute atomic E-state index is 12.5. The third kappa shape index (κ3) is 3.67. The summed E-state index contributed by atoms with van der Waals surface area (Å²) < 4.78 is 5.55. The van der Waals surface area contributed by atoms with E-state index in [0.717, 1.165) is 11.3 Å². The van der Waals surface area contributed by atoms with E-state index in [9.17, 15) is 4.79 Å². The second kappa shape index (κ2) is 7.53. The first-order chi connectivity index (χ1) is 13.5. The number of nitrogens with zero attached hydrogens (tertiary/aromatic N) is 5. The van der Waals surface area contributed by atoms with Gasteiger partial charge in [-0.2, -0.15) is 5.10 Å². The maximum atomic E-state index is 12.5. The average Bonchev–Trinajstić information content (AvgIpc) is 3.38. The summed E-state index contributed by atoms with van der Waals surface area (Å²) in [5, 5.41) is 9.69. The lowest BCUT2D eigenvalue weighted by Gasteiger charge is -2.04. The number of amides is 1. The normalized spacial score (nSPS) is 10.9. The number of rotatable bonds is 5. The molecule has 0 atom stereocenters. The molecule has 0 saturated heterocycles. The van der Waals surface area contributed by atoms with E-state index in [1.54, 1.807) is 4.68 Å². The van der Waals surface area contributed by atoms with Crippen LogP contribution in [0.25, 0.3) is 11.3 Å². The predicted molar refractivity (Wildman–Crippen MR) is 112 cm³/mol. The summed E-state index contributed by atoms with van der Waals surface area (Å²) in [5.74, 6) is 0.475. The van der Waals surface area contributed by atoms with Gasteiger partial charge in [-0.1, -0.05) is 29.8 Å². The second-order valence-corrected chi connectivity index (χ2v) is 7.54. The maximum Gasteiger partial charge on any atom is 0.248 e. The predicted octanol–water partition coefficient (Wildman–Crippen LogP) is 3.91. The van der Waals surface area contributed by atoms with Gasteiger partial charge in [-0.25, -0.2) is 14.3 Å². The van der Waals surface area contributed by atoms with Gasteiger partial charge in [0.25, 0.3) is 0 Å². The van der Waals surface area contributed by atoms with Crippen molar-refractivity contribution < 1.29 is 4.79 Å². The van der Waals surface area contributed by atoms with E-state index >= 15 is 0 Å². The third-order valence-electron chi connectivity index (χ3n) is 4.18. The first-order valence-electron chi connectivity index (χ1n) is 8.64. The Bertz CT molecular complexity index is 1170. The van der Waals surface area contributed by atoms with Gasteiger partial charge in [-0.05, 0) is 38.2 Å². The van der Waals surface area contributed by atoms with Crippen molar-refractivity contribution in [1.29, 1.82) is 0 Å². The standard InChI is InChI=1S/C19H18N6OS2/c1-13-5-7-15(8-6-13)16-12-28-18(20-16)21-17(26)11-24-19(27)25(14(2)22-24)23-9-3-4-10-23/h3-10,12H,11H2,1-2H3,(H,20,21,26). The monoisotopic (exact) mass is 410 g/mol. The Morgan fingerprint density at radius 2 is 1.89 bits per heavy atom. The molecule has 1 amide bonds. The molecule has 0 aliphatic rings. The zero-order valence-electron chi connectivity index (χ0n) is 15.4. The molecule has 9 heteroatoms. The number of aromatic nitrogens is 5. The summed E-state index contributed by atoms with van der Waals surface area (Å²) in [6.45, 7) is 3.91. The Morgan fingerprint density at radius 1 is 1.18 bits per heavy atom. The minimum Gasteiger partial charge on any atom is -0.300 e. The molecule has 3 aromatic heterocycles. The highest BCUT2D eigenvalue weighted by atomic mass is 32.1. The van der Waals surface area contributed by atoms with Crippen molar-refractivity contribution in [3.05, 3.63) is 70.3 Å². The Morgan fingerprint density at radius 3 is 2.61 bits per heavy atom. The molecule has 0 unspecified atom stereocenters. The quantitative estimate of drug-likeness (QED) is 0.507. The van der Waals surface area contributed by atoms with Crippen LogP contribution in [0.3, 0.4) is 0 Å². The van der Waals surface area contributed by atoms with Crippen LogP contribution in [0.4, 0.5) is 5.13 Å². The van der Waals surface area contributed by atoms with E-state index in [0.29, 0.717) is 15.7 Å². The largest absolute Gasteiger partial charge is 0.300 e. The highest BCUT2D eigenvalue weighted by Gasteiger charge is 2.13. The number of thiazole rings is 1. The molecule has 7 nitrogen and oxygen atoms in total. The lowest BCUT2D eigenvalue weighted by molar-refractivity contribution is -0.116. The van der Waals surface area contributed by atoms with Crippen LogP contribution in [0, 0.1) is 18.6 Å². The molecule has 3 heterocycles. The van der Waals surface area contributed by atoms with E-state index < -0.39 is 0 Å². The Hall–Kier alpha value is -3.04. The van der Waals surface area contributed by atoms with Gasteiger partial charge in [-0.15, -0.1) is 11.3 Å². The highest BCUT2D eigenvalue weighted by Crippen LogP contribution is 2.25. The number of hydrogen-bond acceptors (Lipinski definition) is 5. The molecule has 0 saturated carbocycles. The van der Waals surface area contributed by atoms with Crippen LogP contribution in [0.1, 0.15) is 11.4 Å². The summed E-state index contributed by atoms with van der Waals surface area (Å²) >= 11 is 6.86. The first kappa shape index (κ1) is 18.3. The Labute approximate surface area is 170 Å². The van der Waals surface area contributed by atoms with Crippen molar-refractivity contribution in [2.24, 2.45) is 0 Å². The molecule has 4 aromatic rings. The summed E-state index contributed by atoms with van der Waals surface area (Å²) in [6.07, 6.45) is 3.74. The van der Waals surface area contributed by atoms with Crippen LogP contribution in [-0.2, 0) is 11.3 Å². The fourth-order valence-electron chi connectivity index (χ4n) is 2.82. The minimum atomic E-state index is -0.224. The number of nitrogens with one attached hydrogen (secondary N) is 1. The van der Waals surface area contributed by atoms with Crippen molar-refractivity contribution in [3.63, 3.8) is 0 Å². The van der Waals surface area contributed by atoms with Crippen LogP contribution in [-0.4, -0.2) is 30.0 Å². The smallest absolute Gasteiger partial charge is 0.248 e. The van der Waals surface area contributed by atoms with E-state index in [4.69, 9.17) is 12.2 Å². The molecule has 0 aliphatic carbocycles. The van der Waals surface area contributed by atoms with E-state index in [1.807, 2.05) is 72.7 Å². The summed E-state index contributed by atoms with van der Waals surface area (Å²) in [5.41, 5.74) is 3.05. The van der Waals surface area contributed by atoms with Crippen molar-refractivity contribution in [2.45, 2.75) is 20.4 Å². The van der Waals surface area contributed by atoms with Gasteiger partial charge in [0.1, 0.15) is 12.4 Å². The van der Waals surface area contributed by atoms with Crippen LogP contribution in [0.15, 0.2) is 54.2 Å². The van der Waals surface area contributed by atoms with E-state index in [1.165, 1.54) is 21.6 Å². The van der Waals surface area contributed by atoms with Crippen LogP contribution < -0.4 is 5.32 Å². The summed E-state index contributed by atoms with van der Waals surface area (Å²) in [4.78, 5) is 17.0. The molecule has 1 N–H and O–H groups in total. The summed E-state index contributed by atoms with van der Waals surface area (Å²) in [6, 6.07) is 11.9. The molecule has 0 spiro atoms. The van der Waals surface area contributed by atoms with Crippen molar-refractivity contribution >= 4 is 34.6 Å². The van der Waals surface area contributed by atoms with E-state index in [-0.39, 0.29) is 12.5 Å². The Kier molecular flexibility index (Phi) is 4.93. The van der Waals surface area contributed by atoms with Crippen LogP contribution >= 0.6 is 23.6 Å². The van der Waals surface area contributed by atoms with Gasteiger partial charge in [-0.3, -0.25) is 9.47 Å². The third-order valence-corrected chi connectivity index (χ3v) is 5.33. The van der Waals surface area contributed by atoms with Gasteiger partial charge < -0.3 is 5.32 Å². The SMILES string of the molecule is Cc1ccc(-c2csc(NC(=O)Cn3nc(C)n(-n4cccc4)c3=S)n2)cc1. The van der Waals surface area contributed by atoms with Gasteiger partial charge in [0.05, 0.1) is 5.69 Å². The number of carbonyl (C=O) groups excluding carboxylic acids is 1. The summed E-state index contributed by atoms with van der Waals surface area (Å²) in [7, 11) is 0. The number of hydrogen-bond donors (Lipinski definition) is 1. The molecular weight excluding hydrogens is 392 g/mol. The number of carbonyl (C=O) groups is 1. The second-order valence-electron chi connectivity index (χ2n) is 6.31. The molecule has 28 heavy (non-hydrogen) atoms. The molecule has 142 valence electrons. The van der Waals surface area contributed by atoms with Crippen molar-refractivity contribution in [2.75, 3.05) is 5.32 Å². The topological polar surface area (TPSA) is 69.7 Å². The lowest BCUT2D eigenvalue weighted by atomic mass is 10.1. The van der Waals surface area contributed by atoms with Gasteiger partial charge in [0.2, 0.25) is 10.7 Å². The average molecular weight is 411 g/mol. The molecule has 4 rings (SSSR count). The minimum absolute atomic E-state index is 0.0212. The van der Waals surface area contributed by atoms with E-state index in [2.05, 4.69) is 15.4 Å².